The molecule has 3 heteroatoms. The van der Waals surface area contributed by atoms with Crippen LogP contribution in [0.3, 0.4) is 0 Å². The normalized spacial score (nSPS) is 12.9. The lowest BCUT2D eigenvalue weighted by Gasteiger charge is -2.16. The van der Waals surface area contributed by atoms with Crippen molar-refractivity contribution in [3.8, 4) is 0 Å². The van der Waals surface area contributed by atoms with Crippen molar-refractivity contribution in [1.82, 2.24) is 9.88 Å². The lowest BCUT2D eigenvalue weighted by atomic mass is 10.0. The van der Waals surface area contributed by atoms with Gasteiger partial charge in [0, 0.05) is 31.6 Å². The Labute approximate surface area is 105 Å². The van der Waals surface area contributed by atoms with Crippen LogP contribution in [-0.2, 0) is 13.1 Å². The molecule has 0 amide bonds. The van der Waals surface area contributed by atoms with E-state index in [1.807, 2.05) is 0 Å². The number of nitrogens with one attached hydrogen (secondary N) is 1. The third-order valence-electron chi connectivity index (χ3n) is 3.24. The molecule has 0 aromatic carbocycles. The topological polar surface area (TPSA) is 37.2 Å². The minimum absolute atomic E-state index is 0.303. The van der Waals surface area contributed by atoms with E-state index in [0.29, 0.717) is 12.5 Å². The molecule has 0 bridgehead atoms. The molecule has 0 spiro atoms. The van der Waals surface area contributed by atoms with E-state index < -0.39 is 0 Å². The van der Waals surface area contributed by atoms with Crippen molar-refractivity contribution in [1.29, 1.82) is 0 Å². The Hall–Kier alpha value is -0.800. The highest BCUT2D eigenvalue weighted by Crippen LogP contribution is 2.10. The predicted molar refractivity (Wildman–Crippen MR) is 71.9 cm³/mol. The summed E-state index contributed by atoms with van der Waals surface area (Å²) in [6, 6.07) is 4.26. The molecule has 0 fully saturated rings. The summed E-state index contributed by atoms with van der Waals surface area (Å²) in [4.78, 5) is 0. The SMILES string of the molecule is CCCC(CCO)CNCc1cccn1CC. The summed E-state index contributed by atoms with van der Waals surface area (Å²) in [5, 5.41) is 12.5. The third kappa shape index (κ3) is 4.92. The van der Waals surface area contributed by atoms with E-state index >= 15 is 0 Å². The largest absolute Gasteiger partial charge is 0.396 e. The molecule has 0 aliphatic rings. The average Bonchev–Trinajstić information content (AvgIpc) is 2.77. The number of aryl methyl sites for hydroxylation is 1. The van der Waals surface area contributed by atoms with E-state index in [4.69, 9.17) is 5.11 Å². The molecule has 2 N–H and O–H groups in total. The number of nitrogens with zero attached hydrogens (tertiary/aromatic N) is 1. The molecule has 1 aromatic heterocycles. The first-order valence-electron chi connectivity index (χ1n) is 6.77. The van der Waals surface area contributed by atoms with Gasteiger partial charge in [-0.05, 0) is 44.4 Å². The fraction of sp³-hybridized carbons (Fsp3) is 0.714. The van der Waals surface area contributed by atoms with Crippen LogP contribution < -0.4 is 5.32 Å². The van der Waals surface area contributed by atoms with E-state index in [1.165, 1.54) is 18.5 Å². The van der Waals surface area contributed by atoms with Crippen LogP contribution in [0.2, 0.25) is 0 Å². The standard InChI is InChI=1S/C14H26N2O/c1-3-6-13(8-10-17)11-15-12-14-7-5-9-16(14)4-2/h5,7,9,13,15,17H,3-4,6,8,10-12H2,1-2H3. The summed E-state index contributed by atoms with van der Waals surface area (Å²) in [7, 11) is 0. The molecule has 1 rings (SSSR count). The Balaban J connectivity index is 2.30. The van der Waals surface area contributed by atoms with Crippen molar-refractivity contribution in [2.24, 2.45) is 5.92 Å². The molecule has 0 saturated heterocycles. The molecule has 1 aromatic rings. The van der Waals surface area contributed by atoms with Crippen LogP contribution in [0.5, 0.6) is 0 Å². The highest BCUT2D eigenvalue weighted by atomic mass is 16.3. The number of hydrogen-bond acceptors (Lipinski definition) is 2. The maximum Gasteiger partial charge on any atom is 0.0434 e. The van der Waals surface area contributed by atoms with Gasteiger partial charge in [-0.25, -0.2) is 0 Å². The molecule has 98 valence electrons. The van der Waals surface area contributed by atoms with Crippen molar-refractivity contribution < 1.29 is 5.11 Å². The summed E-state index contributed by atoms with van der Waals surface area (Å²) in [6.45, 7) is 7.62. The minimum Gasteiger partial charge on any atom is -0.396 e. The molecular formula is C14H26N2O. The maximum absolute atomic E-state index is 9.00. The van der Waals surface area contributed by atoms with Gasteiger partial charge in [0.1, 0.15) is 0 Å². The Morgan fingerprint density at radius 3 is 2.82 bits per heavy atom. The summed E-state index contributed by atoms with van der Waals surface area (Å²) in [5.41, 5.74) is 1.34. The first-order valence-corrected chi connectivity index (χ1v) is 6.77. The fourth-order valence-electron chi connectivity index (χ4n) is 2.26. The first-order chi connectivity index (χ1) is 8.31. The molecule has 0 radical (unpaired) electrons. The third-order valence-corrected chi connectivity index (χ3v) is 3.24. The van der Waals surface area contributed by atoms with E-state index in [9.17, 15) is 0 Å². The van der Waals surface area contributed by atoms with E-state index in [-0.39, 0.29) is 0 Å². The minimum atomic E-state index is 0.303. The smallest absolute Gasteiger partial charge is 0.0434 e. The Kier molecular flexibility index (Phi) is 6.97. The van der Waals surface area contributed by atoms with Crippen LogP contribution in [0.15, 0.2) is 18.3 Å². The summed E-state index contributed by atoms with van der Waals surface area (Å²) >= 11 is 0. The molecule has 0 aliphatic carbocycles. The van der Waals surface area contributed by atoms with Gasteiger partial charge in [0.15, 0.2) is 0 Å². The number of aliphatic hydroxyl groups excluding tert-OH is 1. The Bertz CT molecular complexity index is 290. The zero-order chi connectivity index (χ0) is 12.5. The van der Waals surface area contributed by atoms with E-state index in [2.05, 4.69) is 42.1 Å². The lowest BCUT2D eigenvalue weighted by Crippen LogP contribution is -2.24. The summed E-state index contributed by atoms with van der Waals surface area (Å²) in [6.07, 6.45) is 5.42. The van der Waals surface area contributed by atoms with E-state index in [1.54, 1.807) is 0 Å². The second-order valence-corrected chi connectivity index (χ2v) is 4.58. The number of aliphatic hydroxyl groups is 1. The second kappa shape index (κ2) is 8.31. The molecule has 0 aliphatic heterocycles. The van der Waals surface area contributed by atoms with Crippen molar-refractivity contribution >= 4 is 0 Å². The molecule has 3 nitrogen and oxygen atoms in total. The summed E-state index contributed by atoms with van der Waals surface area (Å²) in [5.74, 6) is 0.607. The molecule has 0 saturated carbocycles. The maximum atomic E-state index is 9.00. The predicted octanol–water partition coefficient (Wildman–Crippen LogP) is 2.40. The lowest BCUT2D eigenvalue weighted by molar-refractivity contribution is 0.248. The van der Waals surface area contributed by atoms with Crippen molar-refractivity contribution in [3.63, 3.8) is 0 Å². The number of hydrogen-bond donors (Lipinski definition) is 2. The van der Waals surface area contributed by atoms with Gasteiger partial charge in [-0.3, -0.25) is 0 Å². The van der Waals surface area contributed by atoms with Crippen LogP contribution in [0.4, 0.5) is 0 Å². The van der Waals surface area contributed by atoms with Gasteiger partial charge in [-0.15, -0.1) is 0 Å². The van der Waals surface area contributed by atoms with Crippen molar-refractivity contribution in [2.45, 2.75) is 46.2 Å². The zero-order valence-corrected chi connectivity index (χ0v) is 11.2. The van der Waals surface area contributed by atoms with Crippen LogP contribution in [0, 0.1) is 5.92 Å². The van der Waals surface area contributed by atoms with Gasteiger partial charge in [0.25, 0.3) is 0 Å². The number of rotatable bonds is 9. The summed E-state index contributed by atoms with van der Waals surface area (Å²) < 4.78 is 2.26. The van der Waals surface area contributed by atoms with Crippen molar-refractivity contribution in [3.05, 3.63) is 24.0 Å². The van der Waals surface area contributed by atoms with Crippen LogP contribution in [0.25, 0.3) is 0 Å². The van der Waals surface area contributed by atoms with Gasteiger partial charge in [0.05, 0.1) is 0 Å². The molecule has 1 atom stereocenters. The monoisotopic (exact) mass is 238 g/mol. The van der Waals surface area contributed by atoms with Crippen LogP contribution in [0.1, 0.15) is 38.8 Å². The van der Waals surface area contributed by atoms with Crippen LogP contribution in [-0.4, -0.2) is 22.8 Å². The van der Waals surface area contributed by atoms with Gasteiger partial charge < -0.3 is 15.0 Å². The highest BCUT2D eigenvalue weighted by Gasteiger charge is 2.07. The van der Waals surface area contributed by atoms with Gasteiger partial charge >= 0.3 is 0 Å². The zero-order valence-electron chi connectivity index (χ0n) is 11.2. The first kappa shape index (κ1) is 14.3. The molecule has 1 heterocycles. The van der Waals surface area contributed by atoms with E-state index in [0.717, 1.165) is 26.1 Å². The quantitative estimate of drug-likeness (QED) is 0.693. The fourth-order valence-corrected chi connectivity index (χ4v) is 2.26. The van der Waals surface area contributed by atoms with Gasteiger partial charge in [-0.2, -0.15) is 0 Å². The van der Waals surface area contributed by atoms with Gasteiger partial charge in [-0.1, -0.05) is 13.3 Å². The second-order valence-electron chi connectivity index (χ2n) is 4.58. The van der Waals surface area contributed by atoms with Crippen molar-refractivity contribution in [2.75, 3.05) is 13.2 Å². The van der Waals surface area contributed by atoms with Gasteiger partial charge in [0.2, 0.25) is 0 Å². The Morgan fingerprint density at radius 2 is 2.18 bits per heavy atom. The highest BCUT2D eigenvalue weighted by molar-refractivity contribution is 5.06. The Morgan fingerprint density at radius 1 is 1.35 bits per heavy atom. The van der Waals surface area contributed by atoms with Crippen LogP contribution >= 0.6 is 0 Å². The average molecular weight is 238 g/mol. The number of aromatic nitrogens is 1. The molecule has 17 heavy (non-hydrogen) atoms. The molecular weight excluding hydrogens is 212 g/mol. The molecule has 1 unspecified atom stereocenters.